The van der Waals surface area contributed by atoms with Crippen LogP contribution in [0, 0.1) is 5.92 Å². The molecule has 1 aliphatic carbocycles. The van der Waals surface area contributed by atoms with Gasteiger partial charge in [-0.05, 0) is 37.7 Å². The van der Waals surface area contributed by atoms with E-state index in [-0.39, 0.29) is 16.6 Å². The number of aryl methyl sites for hydroxylation is 1. The molecule has 1 aliphatic rings. The van der Waals surface area contributed by atoms with Crippen LogP contribution < -0.4 is 5.56 Å². The first kappa shape index (κ1) is 17.9. The molecule has 2 aromatic heterocycles. The molecule has 0 saturated heterocycles. The molecule has 2 atom stereocenters. The lowest BCUT2D eigenvalue weighted by Crippen LogP contribution is -2.15. The Kier molecular flexibility index (Phi) is 5.09. The second kappa shape index (κ2) is 6.80. The van der Waals surface area contributed by atoms with Gasteiger partial charge in [-0.15, -0.1) is 23.1 Å². The second-order valence-corrected chi connectivity index (χ2v) is 11.4. The van der Waals surface area contributed by atoms with Crippen molar-refractivity contribution in [1.29, 1.82) is 0 Å². The molecule has 0 aliphatic heterocycles. The molecular formula is C16H22N2O3S3. The third kappa shape index (κ3) is 3.86. The lowest BCUT2D eigenvalue weighted by atomic mass is 9.89. The number of sulfone groups is 1. The highest BCUT2D eigenvalue weighted by Crippen LogP contribution is 2.36. The van der Waals surface area contributed by atoms with Crippen LogP contribution >= 0.6 is 23.1 Å². The predicted octanol–water partition coefficient (Wildman–Crippen LogP) is 2.95. The number of thiophene rings is 1. The summed E-state index contributed by atoms with van der Waals surface area (Å²) in [7, 11) is -2.96. The van der Waals surface area contributed by atoms with E-state index in [4.69, 9.17) is 0 Å². The number of nitrogens with zero attached hydrogens (tertiary/aromatic N) is 1. The first-order chi connectivity index (χ1) is 11.2. The van der Waals surface area contributed by atoms with E-state index < -0.39 is 9.84 Å². The highest BCUT2D eigenvalue weighted by atomic mass is 32.2. The van der Waals surface area contributed by atoms with E-state index >= 15 is 0 Å². The molecule has 0 spiro atoms. The number of hydrogen-bond acceptors (Lipinski definition) is 6. The summed E-state index contributed by atoms with van der Waals surface area (Å²) in [6, 6.07) is 0. The summed E-state index contributed by atoms with van der Waals surface area (Å²) in [5.41, 5.74) is 1.13. The Morgan fingerprint density at radius 2 is 2.21 bits per heavy atom. The van der Waals surface area contributed by atoms with E-state index in [0.29, 0.717) is 17.5 Å². The third-order valence-corrected chi connectivity index (χ3v) is 7.91. The van der Waals surface area contributed by atoms with Crippen molar-refractivity contribution >= 4 is 43.2 Å². The number of aromatic amines is 1. The summed E-state index contributed by atoms with van der Waals surface area (Å²) in [5, 5.41) is 0.723. The number of thioether (sulfide) groups is 1. The number of H-pyrrole nitrogens is 1. The van der Waals surface area contributed by atoms with Gasteiger partial charge in [0.2, 0.25) is 0 Å². The van der Waals surface area contributed by atoms with E-state index in [9.17, 15) is 13.2 Å². The zero-order valence-electron chi connectivity index (χ0n) is 14.1. The van der Waals surface area contributed by atoms with E-state index in [0.717, 1.165) is 29.5 Å². The summed E-state index contributed by atoms with van der Waals surface area (Å²) >= 11 is 3.14. The third-order valence-electron chi connectivity index (χ3n) is 4.39. The van der Waals surface area contributed by atoms with Gasteiger partial charge in [0, 0.05) is 16.9 Å². The van der Waals surface area contributed by atoms with Crippen LogP contribution in [0.3, 0.4) is 0 Å². The lowest BCUT2D eigenvalue weighted by Gasteiger charge is -2.17. The van der Waals surface area contributed by atoms with Crippen LogP contribution in [0.15, 0.2) is 4.79 Å². The molecule has 0 fully saturated rings. The quantitative estimate of drug-likeness (QED) is 0.854. The van der Waals surface area contributed by atoms with Crippen molar-refractivity contribution in [1.82, 2.24) is 9.97 Å². The van der Waals surface area contributed by atoms with Gasteiger partial charge in [0.15, 0.2) is 0 Å². The van der Waals surface area contributed by atoms with Crippen molar-refractivity contribution in [3.63, 3.8) is 0 Å². The molecule has 2 unspecified atom stereocenters. The van der Waals surface area contributed by atoms with Crippen molar-refractivity contribution in [2.45, 2.75) is 38.4 Å². The molecule has 0 saturated carbocycles. The molecular weight excluding hydrogens is 364 g/mol. The van der Waals surface area contributed by atoms with E-state index in [2.05, 4.69) is 16.9 Å². The van der Waals surface area contributed by atoms with Crippen LogP contribution in [0.2, 0.25) is 0 Å². The fourth-order valence-electron chi connectivity index (χ4n) is 3.01. The Balaban J connectivity index is 1.87. The standard InChI is InChI=1S/C16H22N2O3S3/c1-9-4-5-11-12(8-9)23-16-13(11)15(19)17-14(18-16)10(2)22-6-7-24(3,20)21/h9-10H,4-8H2,1-3H3,(H,17,18,19). The molecule has 1 N–H and O–H groups in total. The molecule has 0 aromatic carbocycles. The Bertz CT molecular complexity index is 915. The first-order valence-electron chi connectivity index (χ1n) is 8.08. The first-order valence-corrected chi connectivity index (χ1v) is 12.0. The topological polar surface area (TPSA) is 79.9 Å². The van der Waals surface area contributed by atoms with Gasteiger partial charge in [-0.1, -0.05) is 6.92 Å². The van der Waals surface area contributed by atoms with Crippen LogP contribution in [0.5, 0.6) is 0 Å². The maximum absolute atomic E-state index is 12.6. The van der Waals surface area contributed by atoms with Crippen molar-refractivity contribution in [3.05, 3.63) is 26.6 Å². The normalized spacial score (nSPS) is 19.4. The average Bonchev–Trinajstić information content (AvgIpc) is 2.83. The largest absolute Gasteiger partial charge is 0.309 e. The highest BCUT2D eigenvalue weighted by molar-refractivity contribution is 8.00. The van der Waals surface area contributed by atoms with Gasteiger partial charge in [-0.3, -0.25) is 4.79 Å². The van der Waals surface area contributed by atoms with Crippen LogP contribution in [0.4, 0.5) is 0 Å². The molecule has 0 bridgehead atoms. The number of aromatic nitrogens is 2. The Morgan fingerprint density at radius 3 is 2.92 bits per heavy atom. The van der Waals surface area contributed by atoms with E-state index in [1.165, 1.54) is 28.5 Å². The molecule has 24 heavy (non-hydrogen) atoms. The van der Waals surface area contributed by atoms with Crippen molar-refractivity contribution in [3.8, 4) is 0 Å². The van der Waals surface area contributed by atoms with Gasteiger partial charge in [0.25, 0.3) is 5.56 Å². The molecule has 0 amide bonds. The molecule has 0 radical (unpaired) electrons. The van der Waals surface area contributed by atoms with Crippen LogP contribution in [0.1, 0.15) is 41.8 Å². The van der Waals surface area contributed by atoms with Crippen molar-refractivity contribution in [2.75, 3.05) is 17.8 Å². The zero-order valence-corrected chi connectivity index (χ0v) is 16.5. The van der Waals surface area contributed by atoms with E-state index in [1.54, 1.807) is 11.3 Å². The molecule has 2 aromatic rings. The number of fused-ring (bicyclic) bond motifs is 3. The summed E-state index contributed by atoms with van der Waals surface area (Å²) in [6.45, 7) is 4.20. The van der Waals surface area contributed by atoms with Gasteiger partial charge in [0.1, 0.15) is 20.5 Å². The lowest BCUT2D eigenvalue weighted by molar-refractivity contribution is 0.509. The minimum Gasteiger partial charge on any atom is -0.309 e. The maximum atomic E-state index is 12.6. The molecule has 3 rings (SSSR count). The van der Waals surface area contributed by atoms with Gasteiger partial charge >= 0.3 is 0 Å². The van der Waals surface area contributed by atoms with Gasteiger partial charge in [-0.25, -0.2) is 13.4 Å². The number of nitrogens with one attached hydrogen (secondary N) is 1. The molecule has 8 heteroatoms. The van der Waals surface area contributed by atoms with Crippen LogP contribution in [-0.4, -0.2) is 36.1 Å². The number of rotatable bonds is 5. The zero-order chi connectivity index (χ0) is 17.5. The van der Waals surface area contributed by atoms with Crippen molar-refractivity contribution in [2.24, 2.45) is 5.92 Å². The fourth-order valence-corrected chi connectivity index (χ4v) is 6.62. The van der Waals surface area contributed by atoms with Gasteiger partial charge in [0.05, 0.1) is 16.4 Å². The molecule has 5 nitrogen and oxygen atoms in total. The predicted molar refractivity (Wildman–Crippen MR) is 102 cm³/mol. The average molecular weight is 387 g/mol. The minimum atomic E-state index is -2.96. The van der Waals surface area contributed by atoms with Gasteiger partial charge < -0.3 is 4.98 Å². The molecule has 132 valence electrons. The summed E-state index contributed by atoms with van der Waals surface area (Å²) in [6.07, 6.45) is 4.35. The Hall–Kier alpha value is -0.860. The summed E-state index contributed by atoms with van der Waals surface area (Å²) < 4.78 is 22.5. The van der Waals surface area contributed by atoms with Gasteiger partial charge in [-0.2, -0.15) is 0 Å². The monoisotopic (exact) mass is 386 g/mol. The number of hydrogen-bond donors (Lipinski definition) is 1. The Morgan fingerprint density at radius 1 is 1.46 bits per heavy atom. The second-order valence-electron chi connectivity index (χ2n) is 6.63. The molecule has 2 heterocycles. The van der Waals surface area contributed by atoms with Crippen molar-refractivity contribution < 1.29 is 8.42 Å². The SMILES string of the molecule is CC1CCc2c(sc3nc(C(C)SCCS(C)(=O)=O)[nH]c(=O)c23)C1. The highest BCUT2D eigenvalue weighted by Gasteiger charge is 2.23. The smallest absolute Gasteiger partial charge is 0.259 e. The summed E-state index contributed by atoms with van der Waals surface area (Å²) in [4.78, 5) is 22.3. The maximum Gasteiger partial charge on any atom is 0.259 e. The van der Waals surface area contributed by atoms with Crippen LogP contribution in [0.25, 0.3) is 10.2 Å². The summed E-state index contributed by atoms with van der Waals surface area (Å²) in [5.74, 6) is 1.94. The fraction of sp³-hybridized carbons (Fsp3) is 0.625. The van der Waals surface area contributed by atoms with E-state index in [1.807, 2.05) is 6.92 Å². The Labute approximate surface area is 150 Å². The van der Waals surface area contributed by atoms with Crippen LogP contribution in [-0.2, 0) is 22.7 Å². The minimum absolute atomic E-state index is 0.0399.